The van der Waals surface area contributed by atoms with Gasteiger partial charge >= 0.3 is 0 Å². The molecule has 16 heavy (non-hydrogen) atoms. The molecule has 2 N–H and O–H groups in total. The zero-order valence-corrected chi connectivity index (χ0v) is 11.7. The van der Waals surface area contributed by atoms with Gasteiger partial charge in [0.15, 0.2) is 4.67 Å². The van der Waals surface area contributed by atoms with Gasteiger partial charge in [-0.3, -0.25) is 4.79 Å². The molecule has 6 heteroatoms. The number of hydrogen-bond acceptors (Lipinski definition) is 3. The van der Waals surface area contributed by atoms with Gasteiger partial charge in [0.25, 0.3) is 0 Å². The van der Waals surface area contributed by atoms with Crippen LogP contribution >= 0.6 is 31.9 Å². The number of carbonyl (C=O) groups excluding carboxylic acids is 1. The third-order valence-electron chi connectivity index (χ3n) is 2.47. The summed E-state index contributed by atoms with van der Waals surface area (Å²) < 4.78 is 7.04. The molecule has 1 aliphatic rings. The number of rotatable bonds is 4. The summed E-state index contributed by atoms with van der Waals surface area (Å²) in [6.45, 7) is 1.44. The summed E-state index contributed by atoms with van der Waals surface area (Å²) in [6, 6.07) is 2.18. The van der Waals surface area contributed by atoms with Crippen molar-refractivity contribution in [2.75, 3.05) is 6.54 Å². The molecule has 0 aliphatic carbocycles. The Labute approximate surface area is 110 Å². The molecule has 88 valence electrons. The average molecular weight is 352 g/mol. The maximum absolute atomic E-state index is 11.0. The Morgan fingerprint density at radius 1 is 1.56 bits per heavy atom. The van der Waals surface area contributed by atoms with Crippen LogP contribution < -0.4 is 10.6 Å². The number of furan rings is 1. The van der Waals surface area contributed by atoms with E-state index in [9.17, 15) is 4.79 Å². The highest BCUT2D eigenvalue weighted by atomic mass is 79.9. The lowest BCUT2D eigenvalue weighted by atomic mass is 10.2. The lowest BCUT2D eigenvalue weighted by Crippen LogP contribution is -2.35. The van der Waals surface area contributed by atoms with Gasteiger partial charge in [-0.05, 0) is 44.3 Å². The molecule has 1 fully saturated rings. The molecular weight excluding hydrogens is 340 g/mol. The molecule has 0 saturated carbocycles. The van der Waals surface area contributed by atoms with E-state index in [0.29, 0.717) is 17.6 Å². The van der Waals surface area contributed by atoms with Gasteiger partial charge in [0, 0.05) is 19.0 Å². The molecule has 1 atom stereocenters. The lowest BCUT2D eigenvalue weighted by molar-refractivity contribution is -0.119. The molecule has 0 aromatic carbocycles. The van der Waals surface area contributed by atoms with Crippen molar-refractivity contribution >= 4 is 37.8 Å². The Morgan fingerprint density at radius 2 is 2.38 bits per heavy atom. The quantitative estimate of drug-likeness (QED) is 0.874. The second-order valence-electron chi connectivity index (χ2n) is 3.77. The summed E-state index contributed by atoms with van der Waals surface area (Å²) in [5, 5.41) is 6.16. The number of halogens is 2. The molecule has 0 spiro atoms. The summed E-state index contributed by atoms with van der Waals surface area (Å²) in [5.41, 5.74) is 0. The van der Waals surface area contributed by atoms with E-state index < -0.39 is 0 Å². The lowest BCUT2D eigenvalue weighted by Gasteiger charge is -2.09. The van der Waals surface area contributed by atoms with Crippen LogP contribution in [0, 0.1) is 0 Å². The molecule has 4 nitrogen and oxygen atoms in total. The van der Waals surface area contributed by atoms with Crippen molar-refractivity contribution < 1.29 is 9.21 Å². The first-order chi connectivity index (χ1) is 7.65. The molecule has 2 heterocycles. The summed E-state index contributed by atoms with van der Waals surface area (Å²) in [5.74, 6) is 1.01. The number of nitrogens with one attached hydrogen (secondary N) is 2. The van der Waals surface area contributed by atoms with E-state index >= 15 is 0 Å². The van der Waals surface area contributed by atoms with Gasteiger partial charge in [-0.2, -0.15) is 0 Å². The van der Waals surface area contributed by atoms with Gasteiger partial charge in [0.05, 0.1) is 11.0 Å². The summed E-state index contributed by atoms with van der Waals surface area (Å²) in [4.78, 5) is 11.0. The molecule has 0 radical (unpaired) electrons. The fraction of sp³-hybridized carbons (Fsp3) is 0.500. The monoisotopic (exact) mass is 350 g/mol. The Balaban J connectivity index is 1.73. The fourth-order valence-electron chi connectivity index (χ4n) is 1.68. The van der Waals surface area contributed by atoms with Crippen LogP contribution in [0.1, 0.15) is 18.6 Å². The SMILES string of the molecule is O=C1CCC(CNCc2cc(Br)c(Br)o2)N1. The summed E-state index contributed by atoms with van der Waals surface area (Å²) in [6.07, 6.45) is 1.56. The highest BCUT2D eigenvalue weighted by Crippen LogP contribution is 2.26. The molecule has 0 bridgehead atoms. The van der Waals surface area contributed by atoms with Crippen LogP contribution in [0.2, 0.25) is 0 Å². The van der Waals surface area contributed by atoms with Crippen molar-refractivity contribution in [1.82, 2.24) is 10.6 Å². The third kappa shape index (κ3) is 3.09. The Kier molecular flexibility index (Phi) is 4.05. The minimum Gasteiger partial charge on any atom is -0.452 e. The van der Waals surface area contributed by atoms with Gasteiger partial charge in [-0.1, -0.05) is 0 Å². The number of amides is 1. The smallest absolute Gasteiger partial charge is 0.220 e. The van der Waals surface area contributed by atoms with Gasteiger partial charge in [-0.25, -0.2) is 0 Å². The predicted octanol–water partition coefficient (Wildman–Crippen LogP) is 2.17. The van der Waals surface area contributed by atoms with Crippen LogP contribution in [0.4, 0.5) is 0 Å². The van der Waals surface area contributed by atoms with Gasteiger partial charge in [0.2, 0.25) is 5.91 Å². The van der Waals surface area contributed by atoms with Gasteiger partial charge < -0.3 is 15.1 Å². The maximum Gasteiger partial charge on any atom is 0.220 e. The molecule has 1 saturated heterocycles. The van der Waals surface area contributed by atoms with Gasteiger partial charge in [0.1, 0.15) is 5.76 Å². The van der Waals surface area contributed by atoms with Crippen LogP contribution in [0.15, 0.2) is 19.6 Å². The van der Waals surface area contributed by atoms with E-state index in [4.69, 9.17) is 4.42 Å². The largest absolute Gasteiger partial charge is 0.452 e. The highest BCUT2D eigenvalue weighted by Gasteiger charge is 2.19. The Bertz CT molecular complexity index is 373. The third-order valence-corrected chi connectivity index (χ3v) is 4.18. The number of carbonyl (C=O) groups is 1. The minimum atomic E-state index is 0.148. The van der Waals surface area contributed by atoms with E-state index in [0.717, 1.165) is 23.2 Å². The van der Waals surface area contributed by atoms with Crippen LogP contribution in [-0.2, 0) is 11.3 Å². The molecule has 1 aliphatic heterocycles. The second kappa shape index (κ2) is 5.33. The van der Waals surface area contributed by atoms with Crippen LogP contribution in [0.3, 0.4) is 0 Å². The Hall–Kier alpha value is -0.330. The zero-order valence-electron chi connectivity index (χ0n) is 8.56. The van der Waals surface area contributed by atoms with Crippen molar-refractivity contribution in [2.24, 2.45) is 0 Å². The van der Waals surface area contributed by atoms with Crippen LogP contribution in [-0.4, -0.2) is 18.5 Å². The van der Waals surface area contributed by atoms with E-state index in [1.807, 2.05) is 6.07 Å². The highest BCUT2D eigenvalue weighted by molar-refractivity contribution is 9.13. The predicted molar refractivity (Wildman–Crippen MR) is 67.0 cm³/mol. The first-order valence-corrected chi connectivity index (χ1v) is 6.67. The van der Waals surface area contributed by atoms with Crippen molar-refractivity contribution in [1.29, 1.82) is 0 Å². The zero-order chi connectivity index (χ0) is 11.5. The first kappa shape index (κ1) is 12.1. The number of hydrogen-bond donors (Lipinski definition) is 2. The average Bonchev–Trinajstić information content (AvgIpc) is 2.75. The minimum absolute atomic E-state index is 0.148. The van der Waals surface area contributed by atoms with Crippen molar-refractivity contribution in [3.63, 3.8) is 0 Å². The van der Waals surface area contributed by atoms with Crippen LogP contribution in [0.5, 0.6) is 0 Å². The first-order valence-electron chi connectivity index (χ1n) is 5.09. The molecule has 1 aromatic rings. The van der Waals surface area contributed by atoms with E-state index in [1.165, 1.54) is 0 Å². The van der Waals surface area contributed by atoms with E-state index in [-0.39, 0.29) is 11.9 Å². The topological polar surface area (TPSA) is 54.3 Å². The molecule has 1 amide bonds. The van der Waals surface area contributed by atoms with Crippen LogP contribution in [0.25, 0.3) is 0 Å². The molecule has 2 rings (SSSR count). The van der Waals surface area contributed by atoms with Crippen molar-refractivity contribution in [3.05, 3.63) is 21.0 Å². The summed E-state index contributed by atoms with van der Waals surface area (Å²) in [7, 11) is 0. The second-order valence-corrected chi connectivity index (χ2v) is 5.34. The van der Waals surface area contributed by atoms with Gasteiger partial charge in [-0.15, -0.1) is 0 Å². The fourth-order valence-corrected chi connectivity index (χ4v) is 2.34. The van der Waals surface area contributed by atoms with Crippen molar-refractivity contribution in [3.8, 4) is 0 Å². The molecular formula is C10H12Br2N2O2. The molecule has 1 unspecified atom stereocenters. The Morgan fingerprint density at radius 3 is 2.94 bits per heavy atom. The summed E-state index contributed by atoms with van der Waals surface area (Å²) >= 11 is 6.64. The standard InChI is InChI=1S/C10H12Br2N2O2/c11-8-3-7(16-10(8)12)5-13-4-6-1-2-9(15)14-6/h3,6,13H,1-2,4-5H2,(H,14,15). The van der Waals surface area contributed by atoms with Crippen molar-refractivity contribution in [2.45, 2.75) is 25.4 Å². The molecule has 1 aromatic heterocycles. The normalized spacial score (nSPS) is 20.1. The maximum atomic E-state index is 11.0. The van der Waals surface area contributed by atoms with E-state index in [1.54, 1.807) is 0 Å². The van der Waals surface area contributed by atoms with E-state index in [2.05, 4.69) is 42.5 Å².